The Morgan fingerprint density at radius 1 is 1.14 bits per heavy atom. The minimum absolute atomic E-state index is 0.0307. The summed E-state index contributed by atoms with van der Waals surface area (Å²) in [6.45, 7) is 9.67. The van der Waals surface area contributed by atoms with E-state index in [9.17, 15) is 19.2 Å². The fraction of sp³-hybridized carbons (Fsp3) is 0.615. The normalized spacial score (nSPS) is 14.8. The van der Waals surface area contributed by atoms with E-state index in [-0.39, 0.29) is 31.4 Å². The summed E-state index contributed by atoms with van der Waals surface area (Å²) in [4.78, 5) is 52.7. The predicted molar refractivity (Wildman–Crippen MR) is 133 cm³/mol. The van der Waals surface area contributed by atoms with Crippen LogP contribution in [0.5, 0.6) is 0 Å². The van der Waals surface area contributed by atoms with Crippen molar-refractivity contribution in [2.75, 3.05) is 31.6 Å². The van der Waals surface area contributed by atoms with Crippen LogP contribution in [-0.2, 0) is 25.5 Å². The van der Waals surface area contributed by atoms with Crippen LogP contribution in [-0.4, -0.2) is 67.2 Å². The number of benzene rings is 1. The molecule has 194 valence electrons. The van der Waals surface area contributed by atoms with Crippen LogP contribution in [0.1, 0.15) is 76.2 Å². The van der Waals surface area contributed by atoms with Crippen molar-refractivity contribution in [3.8, 4) is 0 Å². The lowest BCUT2D eigenvalue weighted by atomic mass is 10.0. The molecule has 1 N–H and O–H groups in total. The molecule has 1 aliphatic rings. The van der Waals surface area contributed by atoms with E-state index in [4.69, 9.17) is 9.47 Å². The maximum Gasteiger partial charge on any atom is 0.407 e. The van der Waals surface area contributed by atoms with E-state index in [0.29, 0.717) is 17.8 Å². The van der Waals surface area contributed by atoms with Crippen LogP contribution in [0.2, 0.25) is 0 Å². The zero-order chi connectivity index (χ0) is 26.2. The van der Waals surface area contributed by atoms with Gasteiger partial charge in [-0.2, -0.15) is 0 Å². The molecule has 9 nitrogen and oxygen atoms in total. The summed E-state index contributed by atoms with van der Waals surface area (Å²) in [7, 11) is 1.66. The van der Waals surface area contributed by atoms with Crippen molar-refractivity contribution in [3.05, 3.63) is 29.3 Å². The molecular formula is C26H39N3O6. The second kappa shape index (κ2) is 12.6. The van der Waals surface area contributed by atoms with Crippen molar-refractivity contribution >= 4 is 29.6 Å². The van der Waals surface area contributed by atoms with Gasteiger partial charge < -0.3 is 24.6 Å². The molecular weight excluding hydrogens is 450 g/mol. The van der Waals surface area contributed by atoms with Crippen molar-refractivity contribution in [2.45, 2.75) is 78.4 Å². The SMILES string of the molecule is CCOC(=O)CC(C)N1CC(=O)N(C)c2ccc(CCCCCNC(=O)OC(C)(C)C)cc2C1=O. The largest absolute Gasteiger partial charge is 0.466 e. The smallest absolute Gasteiger partial charge is 0.407 e. The van der Waals surface area contributed by atoms with Crippen LogP contribution in [0.3, 0.4) is 0 Å². The number of unbranched alkanes of at least 4 members (excludes halogenated alkanes) is 2. The molecule has 0 saturated carbocycles. The Bertz CT molecular complexity index is 924. The number of alkyl carbamates (subject to hydrolysis) is 1. The van der Waals surface area contributed by atoms with Gasteiger partial charge in [-0.15, -0.1) is 0 Å². The zero-order valence-electron chi connectivity index (χ0n) is 21.8. The average molecular weight is 490 g/mol. The summed E-state index contributed by atoms with van der Waals surface area (Å²) in [6.07, 6.45) is 3.00. The number of amides is 3. The number of anilines is 1. The number of fused-ring (bicyclic) bond motifs is 1. The summed E-state index contributed by atoms with van der Waals surface area (Å²) in [5, 5.41) is 2.76. The molecule has 1 heterocycles. The van der Waals surface area contributed by atoms with Crippen molar-refractivity contribution in [1.82, 2.24) is 10.2 Å². The summed E-state index contributed by atoms with van der Waals surface area (Å²) in [6, 6.07) is 5.12. The Morgan fingerprint density at radius 2 is 1.86 bits per heavy atom. The van der Waals surface area contributed by atoms with Crippen molar-refractivity contribution < 1.29 is 28.7 Å². The number of nitrogens with one attached hydrogen (secondary N) is 1. The Labute approximate surface area is 208 Å². The van der Waals surface area contributed by atoms with E-state index in [2.05, 4.69) is 5.32 Å². The van der Waals surface area contributed by atoms with Gasteiger partial charge >= 0.3 is 12.1 Å². The van der Waals surface area contributed by atoms with Crippen LogP contribution in [0.15, 0.2) is 18.2 Å². The quantitative estimate of drug-likeness (QED) is 0.397. The molecule has 1 atom stereocenters. The molecule has 0 radical (unpaired) electrons. The Morgan fingerprint density at radius 3 is 2.51 bits per heavy atom. The van der Waals surface area contributed by atoms with Crippen LogP contribution >= 0.6 is 0 Å². The van der Waals surface area contributed by atoms with Gasteiger partial charge in [-0.1, -0.05) is 12.5 Å². The number of carbonyl (C=O) groups excluding carboxylic acids is 4. The highest BCUT2D eigenvalue weighted by Crippen LogP contribution is 2.28. The first-order valence-corrected chi connectivity index (χ1v) is 12.3. The molecule has 35 heavy (non-hydrogen) atoms. The molecule has 0 spiro atoms. The fourth-order valence-corrected chi connectivity index (χ4v) is 3.88. The van der Waals surface area contributed by atoms with Gasteiger partial charge in [-0.25, -0.2) is 4.79 Å². The van der Waals surface area contributed by atoms with E-state index in [1.807, 2.05) is 39.0 Å². The second-order valence-corrected chi connectivity index (χ2v) is 9.83. The Balaban J connectivity index is 1.98. The predicted octanol–water partition coefficient (Wildman–Crippen LogP) is 3.68. The molecule has 3 amide bonds. The first-order valence-electron chi connectivity index (χ1n) is 12.3. The van der Waals surface area contributed by atoms with Gasteiger partial charge in [-0.05, 0) is 71.6 Å². The van der Waals surface area contributed by atoms with Gasteiger partial charge in [-0.3, -0.25) is 14.4 Å². The molecule has 0 saturated heterocycles. The highest BCUT2D eigenvalue weighted by molar-refractivity contribution is 6.09. The number of aryl methyl sites for hydroxylation is 1. The minimum atomic E-state index is -0.516. The lowest BCUT2D eigenvalue weighted by molar-refractivity contribution is -0.144. The maximum atomic E-state index is 13.4. The third kappa shape index (κ3) is 8.56. The Kier molecular flexibility index (Phi) is 10.1. The summed E-state index contributed by atoms with van der Waals surface area (Å²) in [5.41, 5.74) is 1.50. The van der Waals surface area contributed by atoms with E-state index >= 15 is 0 Å². The summed E-state index contributed by atoms with van der Waals surface area (Å²) in [5.74, 6) is -0.871. The maximum absolute atomic E-state index is 13.4. The Hall–Kier alpha value is -3.10. The lowest BCUT2D eigenvalue weighted by Gasteiger charge is -2.26. The van der Waals surface area contributed by atoms with Gasteiger partial charge in [0, 0.05) is 19.6 Å². The third-order valence-electron chi connectivity index (χ3n) is 5.70. The standard InChI is InChI=1S/C26H39N3O6/c1-7-34-23(31)15-18(2)29-17-22(30)28(6)21-13-12-19(16-20(21)24(29)32)11-9-8-10-14-27-25(33)35-26(3,4)5/h12-13,16,18H,7-11,14-15,17H2,1-6H3,(H,27,33). The molecule has 1 aromatic rings. The number of hydrogen-bond acceptors (Lipinski definition) is 6. The molecule has 1 unspecified atom stereocenters. The van der Waals surface area contributed by atoms with Crippen LogP contribution in [0.4, 0.5) is 10.5 Å². The number of esters is 1. The van der Waals surface area contributed by atoms with Gasteiger partial charge in [0.25, 0.3) is 5.91 Å². The lowest BCUT2D eigenvalue weighted by Crippen LogP contribution is -2.44. The summed E-state index contributed by atoms with van der Waals surface area (Å²) < 4.78 is 10.2. The topological polar surface area (TPSA) is 105 Å². The van der Waals surface area contributed by atoms with Crippen LogP contribution in [0.25, 0.3) is 0 Å². The average Bonchev–Trinajstić information content (AvgIpc) is 2.85. The third-order valence-corrected chi connectivity index (χ3v) is 5.70. The van der Waals surface area contributed by atoms with Gasteiger partial charge in [0.05, 0.1) is 24.3 Å². The molecule has 1 aromatic carbocycles. The van der Waals surface area contributed by atoms with E-state index in [0.717, 1.165) is 31.2 Å². The van der Waals surface area contributed by atoms with Crippen molar-refractivity contribution in [2.24, 2.45) is 0 Å². The molecule has 0 bridgehead atoms. The van der Waals surface area contributed by atoms with E-state index < -0.39 is 23.7 Å². The highest BCUT2D eigenvalue weighted by Gasteiger charge is 2.33. The number of hydrogen-bond donors (Lipinski definition) is 1. The number of nitrogens with zero attached hydrogens (tertiary/aromatic N) is 2. The molecule has 0 aliphatic carbocycles. The molecule has 2 rings (SSSR count). The molecule has 9 heteroatoms. The number of likely N-dealkylation sites (N-methyl/N-ethyl adjacent to an activating group) is 1. The van der Waals surface area contributed by atoms with E-state index in [1.54, 1.807) is 20.9 Å². The number of carbonyl (C=O) groups is 4. The van der Waals surface area contributed by atoms with Crippen LogP contribution in [0, 0.1) is 0 Å². The minimum Gasteiger partial charge on any atom is -0.466 e. The van der Waals surface area contributed by atoms with Crippen molar-refractivity contribution in [1.29, 1.82) is 0 Å². The number of rotatable bonds is 10. The monoisotopic (exact) mass is 489 g/mol. The van der Waals surface area contributed by atoms with Crippen LogP contribution < -0.4 is 10.2 Å². The molecule has 0 aromatic heterocycles. The van der Waals surface area contributed by atoms with Crippen molar-refractivity contribution in [3.63, 3.8) is 0 Å². The van der Waals surface area contributed by atoms with Gasteiger partial charge in [0.1, 0.15) is 12.1 Å². The number of ether oxygens (including phenoxy) is 2. The van der Waals surface area contributed by atoms with Gasteiger partial charge in [0.15, 0.2) is 0 Å². The highest BCUT2D eigenvalue weighted by atomic mass is 16.6. The molecule has 1 aliphatic heterocycles. The fourth-order valence-electron chi connectivity index (χ4n) is 3.88. The molecule has 0 fully saturated rings. The first-order chi connectivity index (χ1) is 16.4. The van der Waals surface area contributed by atoms with Gasteiger partial charge in [0.2, 0.25) is 5.91 Å². The first kappa shape index (κ1) is 28.1. The summed E-state index contributed by atoms with van der Waals surface area (Å²) >= 11 is 0. The van der Waals surface area contributed by atoms with E-state index in [1.165, 1.54) is 9.80 Å². The zero-order valence-corrected chi connectivity index (χ0v) is 21.8. The second-order valence-electron chi connectivity index (χ2n) is 9.83.